The second-order valence-corrected chi connectivity index (χ2v) is 4.72. The Hall–Kier alpha value is -1.13. The summed E-state index contributed by atoms with van der Waals surface area (Å²) in [6.07, 6.45) is 2.15. The van der Waals surface area contributed by atoms with Crippen molar-refractivity contribution >= 4 is 17.3 Å². The van der Waals surface area contributed by atoms with Gasteiger partial charge in [-0.05, 0) is 44.2 Å². The van der Waals surface area contributed by atoms with Gasteiger partial charge in [0.15, 0.2) is 0 Å². The number of nitrogens with two attached hydrogens (primary N) is 1. The number of carbonyl (C=O) groups is 1. The Bertz CT molecular complexity index is 345. The van der Waals surface area contributed by atoms with Gasteiger partial charge in [0.2, 0.25) is 0 Å². The fraction of sp³-hybridized carbons (Fsp3) is 0.462. The second-order valence-electron chi connectivity index (χ2n) is 3.73. The molecule has 1 heterocycles. The largest absolute Gasteiger partial charge is 0.463 e. The van der Waals surface area contributed by atoms with Crippen LogP contribution in [0.5, 0.6) is 0 Å². The van der Waals surface area contributed by atoms with Gasteiger partial charge in [-0.1, -0.05) is 6.58 Å². The van der Waals surface area contributed by atoms with Gasteiger partial charge in [-0.3, -0.25) is 0 Å². The maximum Gasteiger partial charge on any atom is 0.330 e. The molecule has 0 aliphatic rings. The van der Waals surface area contributed by atoms with Crippen molar-refractivity contribution in [3.05, 3.63) is 34.5 Å². The molecule has 2 N–H and O–H groups in total. The molecule has 1 aromatic rings. The van der Waals surface area contributed by atoms with Crippen LogP contribution >= 0.6 is 11.3 Å². The molecule has 1 unspecified atom stereocenters. The van der Waals surface area contributed by atoms with Gasteiger partial charge in [-0.25, -0.2) is 4.79 Å². The summed E-state index contributed by atoms with van der Waals surface area (Å²) in [6.45, 7) is 9.53. The quantitative estimate of drug-likeness (QED) is 0.665. The summed E-state index contributed by atoms with van der Waals surface area (Å²) >= 11 is 1.80. The Morgan fingerprint density at radius 2 is 2.35 bits per heavy atom. The first kappa shape index (κ1) is 15.9. The van der Waals surface area contributed by atoms with Crippen LogP contribution in [-0.2, 0) is 16.0 Å². The Morgan fingerprint density at radius 1 is 1.71 bits per heavy atom. The van der Waals surface area contributed by atoms with Crippen molar-refractivity contribution in [1.29, 1.82) is 0 Å². The maximum absolute atomic E-state index is 10.1. The molecule has 0 aromatic carbocycles. The second kappa shape index (κ2) is 8.96. The molecule has 0 amide bonds. The molecule has 0 bridgehead atoms. The highest BCUT2D eigenvalue weighted by atomic mass is 32.1. The smallest absolute Gasteiger partial charge is 0.330 e. The minimum atomic E-state index is -0.359. The number of ether oxygens (including phenoxy) is 1. The van der Waals surface area contributed by atoms with Gasteiger partial charge in [-0.15, -0.1) is 11.3 Å². The molecule has 0 radical (unpaired) electrons. The van der Waals surface area contributed by atoms with Crippen LogP contribution in [0.15, 0.2) is 24.1 Å². The van der Waals surface area contributed by atoms with Crippen LogP contribution in [0.1, 0.15) is 24.3 Å². The molecule has 4 heteroatoms. The van der Waals surface area contributed by atoms with E-state index in [9.17, 15) is 4.79 Å². The van der Waals surface area contributed by atoms with E-state index in [-0.39, 0.29) is 12.0 Å². The van der Waals surface area contributed by atoms with Crippen LogP contribution in [0.2, 0.25) is 0 Å². The molecule has 0 saturated carbocycles. The fourth-order valence-corrected chi connectivity index (χ4v) is 2.13. The van der Waals surface area contributed by atoms with Crippen LogP contribution in [0, 0.1) is 6.92 Å². The van der Waals surface area contributed by atoms with Crippen molar-refractivity contribution in [2.24, 2.45) is 5.73 Å². The first-order valence-corrected chi connectivity index (χ1v) is 6.46. The highest BCUT2D eigenvalue weighted by Gasteiger charge is 1.98. The van der Waals surface area contributed by atoms with Gasteiger partial charge in [-0.2, -0.15) is 0 Å². The van der Waals surface area contributed by atoms with E-state index >= 15 is 0 Å². The number of rotatable bonds is 4. The zero-order valence-electron chi connectivity index (χ0n) is 10.7. The summed E-state index contributed by atoms with van der Waals surface area (Å²) in [4.78, 5) is 11.5. The lowest BCUT2D eigenvalue weighted by Gasteiger charge is -1.99. The molecule has 0 aliphatic heterocycles. The van der Waals surface area contributed by atoms with Gasteiger partial charge in [0.05, 0.1) is 6.61 Å². The predicted octanol–water partition coefficient (Wildman–Crippen LogP) is 2.68. The van der Waals surface area contributed by atoms with Crippen molar-refractivity contribution < 1.29 is 9.53 Å². The van der Waals surface area contributed by atoms with Crippen molar-refractivity contribution in [3.63, 3.8) is 0 Å². The van der Waals surface area contributed by atoms with Crippen molar-refractivity contribution in [3.8, 4) is 0 Å². The molecule has 1 atom stereocenters. The molecule has 0 fully saturated rings. The Labute approximate surface area is 107 Å². The van der Waals surface area contributed by atoms with E-state index in [4.69, 9.17) is 5.73 Å². The number of aryl methyl sites for hydroxylation is 1. The molecule has 0 saturated heterocycles. The Morgan fingerprint density at radius 3 is 2.65 bits per heavy atom. The normalized spacial score (nSPS) is 11.1. The van der Waals surface area contributed by atoms with Gasteiger partial charge < -0.3 is 10.5 Å². The third-order valence-corrected chi connectivity index (χ3v) is 2.84. The summed E-state index contributed by atoms with van der Waals surface area (Å²) < 4.78 is 4.43. The third kappa shape index (κ3) is 8.65. The van der Waals surface area contributed by atoms with Crippen LogP contribution < -0.4 is 5.73 Å². The number of hydrogen-bond acceptors (Lipinski definition) is 4. The van der Waals surface area contributed by atoms with Crippen LogP contribution in [0.3, 0.4) is 0 Å². The summed E-state index contributed by atoms with van der Waals surface area (Å²) in [6, 6.07) is 2.49. The molecule has 96 valence electrons. The van der Waals surface area contributed by atoms with Gasteiger partial charge in [0, 0.05) is 17.0 Å². The van der Waals surface area contributed by atoms with Gasteiger partial charge >= 0.3 is 5.97 Å². The monoisotopic (exact) mass is 255 g/mol. The average Bonchev–Trinajstić information content (AvgIpc) is 2.64. The molecular formula is C13H21NO2S. The van der Waals surface area contributed by atoms with E-state index in [0.717, 1.165) is 12.5 Å². The van der Waals surface area contributed by atoms with Gasteiger partial charge in [0.1, 0.15) is 0 Å². The zero-order chi connectivity index (χ0) is 13.3. The maximum atomic E-state index is 10.1. The molecular weight excluding hydrogens is 234 g/mol. The summed E-state index contributed by atoms with van der Waals surface area (Å²) in [5.74, 6) is -0.359. The lowest BCUT2D eigenvalue weighted by atomic mass is 10.2. The minimum Gasteiger partial charge on any atom is -0.463 e. The molecule has 1 aromatic heterocycles. The lowest BCUT2D eigenvalue weighted by Crippen LogP contribution is -2.16. The Balaban J connectivity index is 0.000000325. The highest BCUT2D eigenvalue weighted by molar-refractivity contribution is 7.10. The number of carbonyl (C=O) groups excluding carboxylic acids is 1. The molecule has 3 nitrogen and oxygen atoms in total. The summed E-state index contributed by atoms with van der Waals surface area (Å²) in [7, 11) is 0. The standard InChI is InChI=1S/C8H13NS.C5H8O2/c1-6-3-8(10-5-6)4-7(2)9;1-3-5(6)7-4-2/h3,5,7H,4,9H2,1-2H3;3H,1,4H2,2H3. The SMILES string of the molecule is C=CC(=O)OCC.Cc1csc(CC(C)N)c1. The number of thiophene rings is 1. The van der Waals surface area contributed by atoms with Crippen molar-refractivity contribution in [2.45, 2.75) is 33.2 Å². The van der Waals surface area contributed by atoms with E-state index in [1.54, 1.807) is 18.3 Å². The van der Waals surface area contributed by atoms with E-state index in [1.807, 2.05) is 6.92 Å². The lowest BCUT2D eigenvalue weighted by molar-refractivity contribution is -0.137. The van der Waals surface area contributed by atoms with Crippen LogP contribution in [-0.4, -0.2) is 18.6 Å². The number of hydrogen-bond donors (Lipinski definition) is 1. The Kier molecular flexibility index (Phi) is 8.36. The number of esters is 1. The van der Waals surface area contributed by atoms with Gasteiger partial charge in [0.25, 0.3) is 0 Å². The molecule has 0 spiro atoms. The average molecular weight is 255 g/mol. The molecule has 1 rings (SSSR count). The zero-order valence-corrected chi connectivity index (χ0v) is 11.5. The topological polar surface area (TPSA) is 52.3 Å². The van der Waals surface area contributed by atoms with Crippen molar-refractivity contribution in [1.82, 2.24) is 0 Å². The molecule has 0 aliphatic carbocycles. The van der Waals surface area contributed by atoms with Crippen molar-refractivity contribution in [2.75, 3.05) is 6.61 Å². The summed E-state index contributed by atoms with van der Waals surface area (Å²) in [5, 5.41) is 2.16. The molecule has 17 heavy (non-hydrogen) atoms. The first-order chi connectivity index (χ1) is 7.99. The first-order valence-electron chi connectivity index (χ1n) is 5.58. The van der Waals surface area contributed by atoms with E-state index in [0.29, 0.717) is 6.61 Å². The van der Waals surface area contributed by atoms with E-state index in [1.165, 1.54) is 10.4 Å². The highest BCUT2D eigenvalue weighted by Crippen LogP contribution is 2.14. The minimum absolute atomic E-state index is 0.290. The van der Waals surface area contributed by atoms with Crippen LogP contribution in [0.4, 0.5) is 0 Å². The predicted molar refractivity (Wildman–Crippen MR) is 73.2 cm³/mol. The summed E-state index contributed by atoms with van der Waals surface area (Å²) in [5.41, 5.74) is 6.99. The van der Waals surface area contributed by atoms with E-state index < -0.39 is 0 Å². The third-order valence-electron chi connectivity index (χ3n) is 1.76. The fourth-order valence-electron chi connectivity index (χ4n) is 1.12. The van der Waals surface area contributed by atoms with Crippen LogP contribution in [0.25, 0.3) is 0 Å². The van der Waals surface area contributed by atoms with E-state index in [2.05, 4.69) is 29.7 Å².